The van der Waals surface area contributed by atoms with Gasteiger partial charge in [0.1, 0.15) is 6.10 Å². The van der Waals surface area contributed by atoms with Crippen LogP contribution in [-0.2, 0) is 9.53 Å². The Bertz CT molecular complexity index is 586. The average Bonchev–Trinajstić information content (AvgIpc) is 2.92. The molecule has 0 amide bonds. The van der Waals surface area contributed by atoms with Crippen molar-refractivity contribution in [1.82, 2.24) is 0 Å². The van der Waals surface area contributed by atoms with Crippen LogP contribution in [0.25, 0.3) is 0 Å². The highest BCUT2D eigenvalue weighted by molar-refractivity contribution is 5.66. The molecule has 0 saturated heterocycles. The van der Waals surface area contributed by atoms with Gasteiger partial charge in [0.25, 0.3) is 0 Å². The molecule has 4 aliphatic carbocycles. The van der Waals surface area contributed by atoms with Crippen molar-refractivity contribution in [3.63, 3.8) is 0 Å². The summed E-state index contributed by atoms with van der Waals surface area (Å²) >= 11 is 0. The maximum Gasteiger partial charge on any atom is 0.302 e. The van der Waals surface area contributed by atoms with Crippen LogP contribution in [0.4, 0.5) is 0 Å². The lowest BCUT2D eigenvalue weighted by Gasteiger charge is -2.62. The molecule has 0 spiro atoms. The van der Waals surface area contributed by atoms with E-state index in [2.05, 4.69) is 26.5 Å². The number of aliphatic hydroxyl groups is 1. The van der Waals surface area contributed by atoms with Crippen LogP contribution < -0.4 is 0 Å². The van der Waals surface area contributed by atoms with E-state index >= 15 is 0 Å². The number of rotatable bonds is 2. The van der Waals surface area contributed by atoms with Crippen LogP contribution in [0, 0.1) is 40.4 Å². The summed E-state index contributed by atoms with van der Waals surface area (Å²) in [5.41, 5.74) is 0.416. The maximum absolute atomic E-state index is 11.4. The van der Waals surface area contributed by atoms with Gasteiger partial charge in [0.2, 0.25) is 0 Å². The molecular weight excluding hydrogens is 324 g/mol. The highest BCUT2D eigenvalue weighted by atomic mass is 16.5. The van der Waals surface area contributed by atoms with Gasteiger partial charge < -0.3 is 9.84 Å². The van der Waals surface area contributed by atoms with Crippen LogP contribution in [0.1, 0.15) is 72.1 Å². The summed E-state index contributed by atoms with van der Waals surface area (Å²) in [6, 6.07) is 0. The van der Waals surface area contributed by atoms with Gasteiger partial charge >= 0.3 is 5.97 Å². The van der Waals surface area contributed by atoms with Gasteiger partial charge in [-0.2, -0.15) is 0 Å². The fraction of sp³-hybridized carbons (Fsp3) is 0.870. The summed E-state index contributed by atoms with van der Waals surface area (Å²) in [7, 11) is 0. The first kappa shape index (κ1) is 18.5. The van der Waals surface area contributed by atoms with E-state index in [0.717, 1.165) is 18.3 Å². The van der Waals surface area contributed by atoms with Crippen molar-refractivity contribution in [2.75, 3.05) is 0 Å². The number of hydrogen-bond donors (Lipinski definition) is 1. The van der Waals surface area contributed by atoms with Crippen molar-refractivity contribution in [2.45, 2.75) is 84.3 Å². The van der Waals surface area contributed by atoms with Crippen molar-refractivity contribution in [1.29, 1.82) is 0 Å². The number of esters is 1. The fourth-order valence-corrected chi connectivity index (χ4v) is 8.04. The van der Waals surface area contributed by atoms with Gasteiger partial charge in [-0.05, 0) is 85.4 Å². The zero-order valence-electron chi connectivity index (χ0n) is 16.7. The Hall–Kier alpha value is -0.830. The number of carbonyl (C=O) groups is 1. The molecule has 4 rings (SSSR count). The standard InChI is InChI=1S/C23H36O3/c1-5-15-7-9-19-18-8-6-16-12-17(26-14(2)24)13-21(25)23(16,4)20(18)10-11-22(15,19)3/h5,15-21,25H,1,6-13H2,2-4H3/t15-,16-,17+,18-,19-,20-,21+,22+,23-/m0/s1. The van der Waals surface area contributed by atoms with Gasteiger partial charge in [-0.15, -0.1) is 6.58 Å². The molecule has 3 heteroatoms. The molecule has 0 heterocycles. The first-order valence-electron chi connectivity index (χ1n) is 10.8. The van der Waals surface area contributed by atoms with Crippen molar-refractivity contribution in [2.24, 2.45) is 40.4 Å². The number of hydrogen-bond acceptors (Lipinski definition) is 3. The molecule has 9 atom stereocenters. The molecule has 0 unspecified atom stereocenters. The Morgan fingerprint density at radius 3 is 2.58 bits per heavy atom. The number of fused-ring (bicyclic) bond motifs is 5. The third kappa shape index (κ3) is 2.52. The summed E-state index contributed by atoms with van der Waals surface area (Å²) in [5.74, 6) is 3.10. The smallest absolute Gasteiger partial charge is 0.302 e. The largest absolute Gasteiger partial charge is 0.462 e. The van der Waals surface area contributed by atoms with E-state index in [9.17, 15) is 9.90 Å². The normalized spacial score (nSPS) is 53.2. The molecule has 26 heavy (non-hydrogen) atoms. The van der Waals surface area contributed by atoms with Gasteiger partial charge in [-0.1, -0.05) is 19.9 Å². The summed E-state index contributed by atoms with van der Waals surface area (Å²) < 4.78 is 5.50. The van der Waals surface area contributed by atoms with Crippen LogP contribution in [-0.4, -0.2) is 23.3 Å². The summed E-state index contributed by atoms with van der Waals surface area (Å²) in [6.07, 6.45) is 10.9. The molecule has 0 aromatic heterocycles. The average molecular weight is 361 g/mol. The highest BCUT2D eigenvalue weighted by Gasteiger charge is 2.62. The maximum atomic E-state index is 11.4. The van der Waals surface area contributed by atoms with E-state index in [-0.39, 0.29) is 23.6 Å². The molecule has 0 aromatic rings. The lowest BCUT2D eigenvalue weighted by molar-refractivity contribution is -0.190. The molecule has 4 aliphatic rings. The second-order valence-electron chi connectivity index (χ2n) is 10.2. The third-order valence-corrected chi connectivity index (χ3v) is 9.41. The van der Waals surface area contributed by atoms with Gasteiger partial charge in [0.15, 0.2) is 0 Å². The van der Waals surface area contributed by atoms with Crippen molar-refractivity contribution >= 4 is 5.97 Å². The Morgan fingerprint density at radius 2 is 1.88 bits per heavy atom. The number of aliphatic hydroxyl groups excluding tert-OH is 1. The zero-order chi connectivity index (χ0) is 18.7. The molecule has 0 bridgehead atoms. The highest BCUT2D eigenvalue weighted by Crippen LogP contribution is 2.67. The monoisotopic (exact) mass is 360 g/mol. The summed E-state index contributed by atoms with van der Waals surface area (Å²) in [5, 5.41) is 11.2. The summed E-state index contributed by atoms with van der Waals surface area (Å²) in [6.45, 7) is 10.5. The molecule has 0 aromatic carbocycles. The van der Waals surface area contributed by atoms with Crippen LogP contribution in [0.5, 0.6) is 0 Å². The zero-order valence-corrected chi connectivity index (χ0v) is 16.7. The molecule has 4 fully saturated rings. The van der Waals surface area contributed by atoms with Crippen LogP contribution in [0.3, 0.4) is 0 Å². The molecule has 1 N–H and O–H groups in total. The summed E-state index contributed by atoms with van der Waals surface area (Å²) in [4.78, 5) is 11.4. The molecule has 0 radical (unpaired) electrons. The minimum Gasteiger partial charge on any atom is -0.462 e. The van der Waals surface area contributed by atoms with Crippen molar-refractivity contribution in [3.8, 4) is 0 Å². The number of allylic oxidation sites excluding steroid dienone is 1. The second-order valence-corrected chi connectivity index (χ2v) is 10.2. The quantitative estimate of drug-likeness (QED) is 0.572. The Kier molecular flexibility index (Phi) is 4.53. The topological polar surface area (TPSA) is 46.5 Å². The van der Waals surface area contributed by atoms with E-state index in [1.807, 2.05) is 0 Å². The lowest BCUT2D eigenvalue weighted by Crippen LogP contribution is -2.59. The number of ether oxygens (including phenoxy) is 1. The first-order chi connectivity index (χ1) is 12.3. The van der Waals surface area contributed by atoms with Crippen molar-refractivity contribution in [3.05, 3.63) is 12.7 Å². The molecule has 146 valence electrons. The van der Waals surface area contributed by atoms with E-state index in [1.165, 1.54) is 45.4 Å². The SMILES string of the molecule is C=C[C@H]1CC[C@H]2[C@@H]3CC[C@H]4C[C@@H](OC(C)=O)C[C@@H](O)[C@]4(C)[C@H]3CC[C@]12C. The first-order valence-corrected chi connectivity index (χ1v) is 10.8. The Labute approximate surface area is 158 Å². The van der Waals surface area contributed by atoms with Gasteiger partial charge in [0.05, 0.1) is 6.10 Å². The predicted octanol–water partition coefficient (Wildman–Crippen LogP) is 4.73. The minimum absolute atomic E-state index is 0.00678. The molecule has 0 aliphatic heterocycles. The Balaban J connectivity index is 1.58. The number of carbonyl (C=O) groups excluding carboxylic acids is 1. The van der Waals surface area contributed by atoms with Gasteiger partial charge in [0, 0.05) is 13.3 Å². The van der Waals surface area contributed by atoms with E-state index in [4.69, 9.17) is 4.74 Å². The second kappa shape index (κ2) is 6.36. The molecule has 4 saturated carbocycles. The van der Waals surface area contributed by atoms with E-state index in [0.29, 0.717) is 29.6 Å². The van der Waals surface area contributed by atoms with E-state index < -0.39 is 0 Å². The van der Waals surface area contributed by atoms with Crippen LogP contribution in [0.15, 0.2) is 12.7 Å². The van der Waals surface area contributed by atoms with E-state index in [1.54, 1.807) is 0 Å². The Morgan fingerprint density at radius 1 is 1.12 bits per heavy atom. The van der Waals surface area contributed by atoms with Gasteiger partial charge in [-0.3, -0.25) is 4.79 Å². The van der Waals surface area contributed by atoms with Crippen LogP contribution in [0.2, 0.25) is 0 Å². The minimum atomic E-state index is -0.348. The molecule has 3 nitrogen and oxygen atoms in total. The van der Waals surface area contributed by atoms with Crippen LogP contribution >= 0.6 is 0 Å². The molecular formula is C23H36O3. The van der Waals surface area contributed by atoms with Crippen molar-refractivity contribution < 1.29 is 14.6 Å². The predicted molar refractivity (Wildman–Crippen MR) is 102 cm³/mol. The van der Waals surface area contributed by atoms with Gasteiger partial charge in [-0.25, -0.2) is 0 Å². The fourth-order valence-electron chi connectivity index (χ4n) is 8.04. The lowest BCUT2D eigenvalue weighted by atomic mass is 9.44. The third-order valence-electron chi connectivity index (χ3n) is 9.41.